The molecule has 3 rings (SSSR count). The van der Waals surface area contributed by atoms with E-state index in [9.17, 15) is 43.9 Å². The molecule has 0 saturated heterocycles. The largest absolute Gasteiger partial charge is 0.407 e. The molecular weight excluding hydrogens is 469 g/mol. The molecule has 2 aromatic rings. The molecule has 1 aliphatic carbocycles. The van der Waals surface area contributed by atoms with E-state index in [-0.39, 0.29) is 12.8 Å². The minimum absolute atomic E-state index is 0.143. The molecule has 0 radical (unpaired) electrons. The van der Waals surface area contributed by atoms with Crippen LogP contribution in [0.2, 0.25) is 0 Å². The molecule has 2 N–H and O–H groups in total. The summed E-state index contributed by atoms with van der Waals surface area (Å²) < 4.78 is 121. The van der Waals surface area contributed by atoms with Gasteiger partial charge >= 0.3 is 6.18 Å². The highest BCUT2D eigenvalue weighted by molar-refractivity contribution is 7.89. The molecule has 0 heterocycles. The van der Waals surface area contributed by atoms with Crippen LogP contribution in [-0.4, -0.2) is 26.0 Å². The lowest BCUT2D eigenvalue weighted by Crippen LogP contribution is -2.56. The van der Waals surface area contributed by atoms with Gasteiger partial charge in [0.1, 0.15) is 11.4 Å². The van der Waals surface area contributed by atoms with Gasteiger partial charge in [-0.1, -0.05) is 12.8 Å². The third-order valence-electron chi connectivity index (χ3n) is 5.06. The molecule has 1 saturated carbocycles. The second-order valence-corrected chi connectivity index (χ2v) is 8.92. The number of nitrogens with one attached hydrogen (secondary N) is 2. The normalized spacial score (nSPS) is 16.2. The summed E-state index contributed by atoms with van der Waals surface area (Å²) >= 11 is 0. The van der Waals surface area contributed by atoms with Gasteiger partial charge in [-0.15, -0.1) is 0 Å². The molecule has 13 heteroatoms. The first-order chi connectivity index (χ1) is 14.8. The van der Waals surface area contributed by atoms with Gasteiger partial charge in [-0.3, -0.25) is 4.79 Å². The van der Waals surface area contributed by atoms with Crippen molar-refractivity contribution in [3.05, 3.63) is 59.2 Å². The van der Waals surface area contributed by atoms with Crippen molar-refractivity contribution in [1.82, 2.24) is 4.72 Å². The predicted octanol–water partition coefficient (Wildman–Crippen LogP) is 4.65. The van der Waals surface area contributed by atoms with Crippen molar-refractivity contribution in [3.63, 3.8) is 0 Å². The summed E-state index contributed by atoms with van der Waals surface area (Å²) in [7, 11) is -4.84. The number of halogens is 7. The molecule has 174 valence electrons. The number of rotatable bonds is 5. The second kappa shape index (κ2) is 8.35. The molecule has 0 aromatic heterocycles. The summed E-state index contributed by atoms with van der Waals surface area (Å²) in [6, 6.07) is 2.52. The number of alkyl halides is 3. The number of hydrogen-bond donors (Lipinski definition) is 2. The summed E-state index contributed by atoms with van der Waals surface area (Å²) in [5, 5.41) is 1.87. The summed E-state index contributed by atoms with van der Waals surface area (Å²) in [6.45, 7) is 0. The van der Waals surface area contributed by atoms with Crippen LogP contribution < -0.4 is 10.0 Å². The molecule has 1 amide bonds. The van der Waals surface area contributed by atoms with Gasteiger partial charge in [-0.05, 0) is 31.0 Å². The Kier molecular flexibility index (Phi) is 6.26. The van der Waals surface area contributed by atoms with Crippen molar-refractivity contribution >= 4 is 21.6 Å². The number of anilines is 1. The number of benzene rings is 2. The molecule has 2 aromatic carbocycles. The highest BCUT2D eigenvalue weighted by Crippen LogP contribution is 2.43. The SMILES string of the molecule is O=C(Nc1cc(F)c(F)c(F)c1)c1cc(S(=O)(=O)NC2(C(F)(F)F)CCCC2)ccc1F. The minimum atomic E-state index is -4.88. The van der Waals surface area contributed by atoms with Crippen molar-refractivity contribution in [1.29, 1.82) is 0 Å². The van der Waals surface area contributed by atoms with E-state index in [0.717, 1.165) is 0 Å². The van der Waals surface area contributed by atoms with Crippen LogP contribution in [0.25, 0.3) is 0 Å². The van der Waals surface area contributed by atoms with Gasteiger partial charge in [-0.2, -0.15) is 17.9 Å². The fraction of sp³-hybridized carbons (Fsp3) is 0.316. The molecule has 1 fully saturated rings. The second-order valence-electron chi connectivity index (χ2n) is 7.24. The molecule has 0 atom stereocenters. The molecule has 1 aliphatic rings. The first-order valence-corrected chi connectivity index (χ1v) is 10.6. The van der Waals surface area contributed by atoms with E-state index >= 15 is 0 Å². The zero-order valence-corrected chi connectivity index (χ0v) is 16.8. The molecule has 5 nitrogen and oxygen atoms in total. The fourth-order valence-electron chi connectivity index (χ4n) is 3.41. The molecule has 0 aliphatic heterocycles. The van der Waals surface area contributed by atoms with E-state index in [1.165, 1.54) is 0 Å². The van der Waals surface area contributed by atoms with Crippen molar-refractivity contribution in [2.75, 3.05) is 5.32 Å². The van der Waals surface area contributed by atoms with Crippen LogP contribution in [0.4, 0.5) is 36.4 Å². The number of amides is 1. The van der Waals surface area contributed by atoms with Gasteiger partial charge in [0, 0.05) is 17.8 Å². The monoisotopic (exact) mass is 484 g/mol. The first-order valence-electron chi connectivity index (χ1n) is 9.12. The molecular formula is C19H15F7N2O3S. The summed E-state index contributed by atoms with van der Waals surface area (Å²) in [4.78, 5) is 11.5. The lowest BCUT2D eigenvalue weighted by atomic mass is 9.99. The first kappa shape index (κ1) is 24.0. The minimum Gasteiger partial charge on any atom is -0.322 e. The van der Waals surface area contributed by atoms with Gasteiger partial charge in [0.2, 0.25) is 10.0 Å². The predicted molar refractivity (Wildman–Crippen MR) is 98.2 cm³/mol. The van der Waals surface area contributed by atoms with Crippen molar-refractivity contribution in [2.45, 2.75) is 42.3 Å². The highest BCUT2D eigenvalue weighted by Gasteiger charge is 2.57. The summed E-state index contributed by atoms with van der Waals surface area (Å²) in [5.41, 5.74) is -4.21. The van der Waals surface area contributed by atoms with E-state index < -0.39 is 79.9 Å². The fourth-order valence-corrected chi connectivity index (χ4v) is 4.88. The van der Waals surface area contributed by atoms with Gasteiger partial charge < -0.3 is 5.32 Å². The van der Waals surface area contributed by atoms with Crippen LogP contribution in [-0.2, 0) is 10.0 Å². The molecule has 0 unspecified atom stereocenters. The number of sulfonamides is 1. The van der Waals surface area contributed by atoms with Crippen LogP contribution in [0.15, 0.2) is 35.2 Å². The molecule has 0 spiro atoms. The smallest absolute Gasteiger partial charge is 0.322 e. The summed E-state index contributed by atoms with van der Waals surface area (Å²) in [5.74, 6) is -7.71. The van der Waals surface area contributed by atoms with E-state index in [4.69, 9.17) is 0 Å². The zero-order valence-electron chi connectivity index (χ0n) is 16.0. The Morgan fingerprint density at radius 2 is 1.47 bits per heavy atom. The van der Waals surface area contributed by atoms with Crippen molar-refractivity contribution < 1.29 is 43.9 Å². The van der Waals surface area contributed by atoms with E-state index in [1.54, 1.807) is 4.72 Å². The molecule has 0 bridgehead atoms. The van der Waals surface area contributed by atoms with E-state index in [2.05, 4.69) is 0 Å². The Bertz CT molecular complexity index is 1140. The van der Waals surface area contributed by atoms with Crippen LogP contribution in [0, 0.1) is 23.3 Å². The maximum Gasteiger partial charge on any atom is 0.407 e. The quantitative estimate of drug-likeness (QED) is 0.480. The lowest BCUT2D eigenvalue weighted by Gasteiger charge is -2.32. The summed E-state index contributed by atoms with van der Waals surface area (Å²) in [6.07, 6.45) is -5.56. The average Bonchev–Trinajstić information content (AvgIpc) is 3.15. The number of carbonyl (C=O) groups excluding carboxylic acids is 1. The topological polar surface area (TPSA) is 75.3 Å². The number of hydrogen-bond acceptors (Lipinski definition) is 3. The van der Waals surface area contributed by atoms with Gasteiger partial charge in [0.15, 0.2) is 17.5 Å². The Morgan fingerprint density at radius 1 is 0.906 bits per heavy atom. The molecule has 32 heavy (non-hydrogen) atoms. The van der Waals surface area contributed by atoms with Crippen molar-refractivity contribution in [3.8, 4) is 0 Å². The maximum atomic E-state index is 14.1. The zero-order chi connectivity index (χ0) is 23.9. The van der Waals surface area contributed by atoms with Crippen LogP contribution in [0.3, 0.4) is 0 Å². The van der Waals surface area contributed by atoms with Gasteiger partial charge in [-0.25, -0.2) is 26.0 Å². The van der Waals surface area contributed by atoms with Crippen LogP contribution in [0.1, 0.15) is 36.0 Å². The van der Waals surface area contributed by atoms with Gasteiger partial charge in [0.05, 0.1) is 10.5 Å². The lowest BCUT2D eigenvalue weighted by molar-refractivity contribution is -0.188. The Hall–Kier alpha value is -2.67. The highest BCUT2D eigenvalue weighted by atomic mass is 32.2. The third-order valence-corrected chi connectivity index (χ3v) is 6.60. The number of carbonyl (C=O) groups is 1. The Labute approximate surface area is 177 Å². The van der Waals surface area contributed by atoms with Gasteiger partial charge in [0.25, 0.3) is 5.91 Å². The standard InChI is InChI=1S/C19H15F7N2O3S/c20-13-4-3-11(32(30,31)28-18(19(24,25)26)5-1-2-6-18)9-12(13)17(29)27-10-7-14(21)16(23)15(22)8-10/h3-4,7-9,28H,1-2,5-6H2,(H,27,29). The Balaban J connectivity index is 1.92. The van der Waals surface area contributed by atoms with E-state index in [0.29, 0.717) is 30.3 Å². The van der Waals surface area contributed by atoms with E-state index in [1.807, 2.05) is 5.32 Å². The average molecular weight is 484 g/mol. The van der Waals surface area contributed by atoms with Crippen LogP contribution in [0.5, 0.6) is 0 Å². The third kappa shape index (κ3) is 4.58. The Morgan fingerprint density at radius 3 is 2.00 bits per heavy atom. The van der Waals surface area contributed by atoms with Crippen molar-refractivity contribution in [2.24, 2.45) is 0 Å². The maximum absolute atomic E-state index is 14.1. The van der Waals surface area contributed by atoms with Crippen LogP contribution >= 0.6 is 0 Å².